The van der Waals surface area contributed by atoms with Crippen LogP contribution in [0.3, 0.4) is 0 Å². The third-order valence-corrected chi connectivity index (χ3v) is 4.67. The Bertz CT molecular complexity index is 868. The Labute approximate surface area is 148 Å². The normalized spacial score (nSPS) is 13.0. The highest BCUT2D eigenvalue weighted by Crippen LogP contribution is 2.28. The highest BCUT2D eigenvalue weighted by molar-refractivity contribution is 7.71. The maximum Gasteiger partial charge on any atom is 0.196 e. The highest BCUT2D eigenvalue weighted by Gasteiger charge is 2.17. The molecule has 3 nitrogen and oxygen atoms in total. The van der Waals surface area contributed by atoms with Crippen molar-refractivity contribution in [1.29, 1.82) is 0 Å². The summed E-state index contributed by atoms with van der Waals surface area (Å²) in [5.41, 5.74) is 3.73. The molecule has 1 N–H and O–H groups in total. The Kier molecular flexibility index (Phi) is 4.41. The molecule has 0 bridgehead atoms. The van der Waals surface area contributed by atoms with Crippen molar-refractivity contribution in [2.45, 2.75) is 39.2 Å². The summed E-state index contributed by atoms with van der Waals surface area (Å²) in [4.78, 5) is 0. The van der Waals surface area contributed by atoms with Gasteiger partial charge in [-0.1, -0.05) is 75.4 Å². The fourth-order valence-electron chi connectivity index (χ4n) is 2.87. The predicted octanol–water partition coefficient (Wildman–Crippen LogP) is 5.51. The van der Waals surface area contributed by atoms with E-state index in [-0.39, 0.29) is 11.5 Å². The second kappa shape index (κ2) is 6.36. The molecular weight excluding hydrogens is 314 g/mol. The lowest BCUT2D eigenvalue weighted by Crippen LogP contribution is -2.11. The van der Waals surface area contributed by atoms with Gasteiger partial charge >= 0.3 is 0 Å². The molecule has 0 aliphatic rings. The second-order valence-corrected chi connectivity index (χ2v) is 7.52. The van der Waals surface area contributed by atoms with Gasteiger partial charge in [0.2, 0.25) is 0 Å². The number of benzene rings is 2. The van der Waals surface area contributed by atoms with E-state index in [9.17, 15) is 0 Å². The largest absolute Gasteiger partial charge is 0.293 e. The summed E-state index contributed by atoms with van der Waals surface area (Å²) in [6.45, 7) is 8.80. The zero-order chi connectivity index (χ0) is 17.3. The molecule has 0 amide bonds. The summed E-state index contributed by atoms with van der Waals surface area (Å²) < 4.78 is 2.72. The van der Waals surface area contributed by atoms with E-state index in [1.54, 1.807) is 0 Å². The molecule has 0 saturated heterocycles. The van der Waals surface area contributed by atoms with Gasteiger partial charge in [-0.2, -0.15) is 5.10 Å². The summed E-state index contributed by atoms with van der Waals surface area (Å²) >= 11 is 5.48. The highest BCUT2D eigenvalue weighted by atomic mass is 32.1. The summed E-state index contributed by atoms with van der Waals surface area (Å²) in [7, 11) is 0. The van der Waals surface area contributed by atoms with Crippen LogP contribution < -0.4 is 0 Å². The van der Waals surface area contributed by atoms with Gasteiger partial charge in [-0.05, 0) is 35.7 Å². The molecule has 1 aromatic heterocycles. The van der Waals surface area contributed by atoms with Gasteiger partial charge in [0, 0.05) is 5.56 Å². The van der Waals surface area contributed by atoms with Crippen LogP contribution in [0.15, 0.2) is 54.6 Å². The molecular formula is C20H23N3S. The van der Waals surface area contributed by atoms with Crippen molar-refractivity contribution in [1.82, 2.24) is 14.8 Å². The Morgan fingerprint density at radius 2 is 1.62 bits per heavy atom. The number of hydrogen-bond donors (Lipinski definition) is 1. The maximum atomic E-state index is 5.48. The lowest BCUT2D eigenvalue weighted by molar-refractivity contribution is 0.590. The molecule has 4 heteroatoms. The van der Waals surface area contributed by atoms with Crippen LogP contribution in [0.1, 0.15) is 44.9 Å². The average Bonchev–Trinajstić information content (AvgIpc) is 2.96. The van der Waals surface area contributed by atoms with E-state index in [0.717, 1.165) is 11.4 Å². The van der Waals surface area contributed by atoms with E-state index < -0.39 is 0 Å². The van der Waals surface area contributed by atoms with Gasteiger partial charge < -0.3 is 0 Å². The van der Waals surface area contributed by atoms with Crippen molar-refractivity contribution in [3.63, 3.8) is 0 Å². The van der Waals surface area contributed by atoms with E-state index in [1.165, 1.54) is 11.1 Å². The summed E-state index contributed by atoms with van der Waals surface area (Å²) in [6, 6.07) is 19.1. The third-order valence-electron chi connectivity index (χ3n) is 4.38. The Hall–Kier alpha value is -2.20. The van der Waals surface area contributed by atoms with E-state index in [2.05, 4.69) is 78.9 Å². The minimum absolute atomic E-state index is 0.120. The van der Waals surface area contributed by atoms with Crippen LogP contribution in [0.25, 0.3) is 11.4 Å². The van der Waals surface area contributed by atoms with Crippen molar-refractivity contribution in [2.75, 3.05) is 0 Å². The number of rotatable bonds is 3. The molecule has 0 aliphatic carbocycles. The summed E-state index contributed by atoms with van der Waals surface area (Å²) in [6.07, 6.45) is 0. The van der Waals surface area contributed by atoms with Crippen LogP contribution in [0.4, 0.5) is 0 Å². The van der Waals surface area contributed by atoms with Gasteiger partial charge in [-0.3, -0.25) is 9.67 Å². The number of aromatic nitrogens is 3. The summed E-state index contributed by atoms with van der Waals surface area (Å²) in [5.74, 6) is 0.872. The van der Waals surface area contributed by atoms with Gasteiger partial charge in [0.15, 0.2) is 10.6 Å². The number of nitrogens with one attached hydrogen (secondary N) is 1. The molecule has 0 saturated carbocycles. The van der Waals surface area contributed by atoms with Crippen molar-refractivity contribution in [2.24, 2.45) is 0 Å². The zero-order valence-electron chi connectivity index (χ0n) is 14.6. The van der Waals surface area contributed by atoms with E-state index >= 15 is 0 Å². The molecule has 3 rings (SSSR count). The van der Waals surface area contributed by atoms with Crippen molar-refractivity contribution >= 4 is 12.2 Å². The Morgan fingerprint density at radius 1 is 1.00 bits per heavy atom. The van der Waals surface area contributed by atoms with Gasteiger partial charge in [0.1, 0.15) is 0 Å². The standard InChI is InChI=1S/C20H23N3S/c1-14(15-8-6-5-7-9-15)23-18(21-22-19(23)24)16-10-12-17(13-11-16)20(2,3)4/h5-14H,1-4H3,(H,22,24)/t14-/m1/s1. The van der Waals surface area contributed by atoms with Crippen LogP contribution in [0, 0.1) is 4.77 Å². The van der Waals surface area contributed by atoms with Crippen LogP contribution >= 0.6 is 12.2 Å². The third kappa shape index (κ3) is 3.20. The summed E-state index contributed by atoms with van der Waals surface area (Å²) in [5, 5.41) is 7.42. The van der Waals surface area contributed by atoms with Crippen molar-refractivity contribution in [3.8, 4) is 11.4 Å². The SMILES string of the molecule is C[C@H](c1ccccc1)n1c(-c2ccc(C(C)(C)C)cc2)n[nH]c1=S. The molecule has 0 unspecified atom stereocenters. The molecule has 0 spiro atoms. The number of H-pyrrole nitrogens is 1. The van der Waals surface area contributed by atoms with E-state index in [1.807, 2.05) is 18.2 Å². The zero-order valence-corrected chi connectivity index (χ0v) is 15.4. The average molecular weight is 337 g/mol. The predicted molar refractivity (Wildman–Crippen MR) is 102 cm³/mol. The Balaban J connectivity index is 2.03. The van der Waals surface area contributed by atoms with Crippen LogP contribution in [-0.4, -0.2) is 14.8 Å². The lowest BCUT2D eigenvalue weighted by Gasteiger charge is -2.20. The first-order valence-electron chi connectivity index (χ1n) is 8.20. The monoisotopic (exact) mass is 337 g/mol. The van der Waals surface area contributed by atoms with Crippen LogP contribution in [-0.2, 0) is 5.41 Å². The second-order valence-electron chi connectivity index (χ2n) is 7.14. The molecule has 0 fully saturated rings. The molecule has 0 radical (unpaired) electrons. The van der Waals surface area contributed by atoms with Gasteiger partial charge in [-0.25, -0.2) is 0 Å². The lowest BCUT2D eigenvalue weighted by atomic mass is 9.86. The smallest absolute Gasteiger partial charge is 0.196 e. The van der Waals surface area contributed by atoms with Gasteiger partial charge in [0.25, 0.3) is 0 Å². The van der Waals surface area contributed by atoms with E-state index in [0.29, 0.717) is 4.77 Å². The van der Waals surface area contributed by atoms with Gasteiger partial charge in [0.05, 0.1) is 6.04 Å². The Morgan fingerprint density at radius 3 is 2.21 bits per heavy atom. The van der Waals surface area contributed by atoms with Crippen molar-refractivity contribution in [3.05, 3.63) is 70.5 Å². The molecule has 1 heterocycles. The molecule has 3 aromatic rings. The number of nitrogens with zero attached hydrogens (tertiary/aromatic N) is 2. The van der Waals surface area contributed by atoms with Crippen LogP contribution in [0.5, 0.6) is 0 Å². The molecule has 2 aromatic carbocycles. The number of aromatic amines is 1. The fraction of sp³-hybridized carbons (Fsp3) is 0.300. The van der Waals surface area contributed by atoms with E-state index in [4.69, 9.17) is 12.2 Å². The van der Waals surface area contributed by atoms with Crippen molar-refractivity contribution < 1.29 is 0 Å². The minimum atomic E-state index is 0.120. The first-order chi connectivity index (χ1) is 11.4. The minimum Gasteiger partial charge on any atom is -0.293 e. The van der Waals surface area contributed by atoms with Crippen LogP contribution in [0.2, 0.25) is 0 Å². The fourth-order valence-corrected chi connectivity index (χ4v) is 3.16. The number of hydrogen-bond acceptors (Lipinski definition) is 2. The van der Waals surface area contributed by atoms with Gasteiger partial charge in [-0.15, -0.1) is 0 Å². The maximum absolute atomic E-state index is 5.48. The topological polar surface area (TPSA) is 33.6 Å². The molecule has 0 aliphatic heterocycles. The molecule has 1 atom stereocenters. The molecule has 24 heavy (non-hydrogen) atoms. The molecule has 124 valence electrons. The quantitative estimate of drug-likeness (QED) is 0.639. The first-order valence-corrected chi connectivity index (χ1v) is 8.61. The first kappa shape index (κ1) is 16.7.